The largest absolute Gasteiger partial charge is 0.497 e. The van der Waals surface area contributed by atoms with Crippen LogP contribution in [-0.4, -0.2) is 40.6 Å². The summed E-state index contributed by atoms with van der Waals surface area (Å²) in [6.45, 7) is 15.6. The van der Waals surface area contributed by atoms with Gasteiger partial charge in [0.1, 0.15) is 18.0 Å². The molecule has 29 heavy (non-hydrogen) atoms. The average molecular weight is 402 g/mol. The van der Waals surface area contributed by atoms with Crippen LogP contribution in [-0.2, 0) is 16.8 Å². The van der Waals surface area contributed by atoms with Gasteiger partial charge in [-0.2, -0.15) is 0 Å². The summed E-state index contributed by atoms with van der Waals surface area (Å²) in [6, 6.07) is 5.44. The van der Waals surface area contributed by atoms with E-state index in [1.165, 1.54) is 0 Å². The minimum atomic E-state index is -0.425. The van der Waals surface area contributed by atoms with E-state index in [9.17, 15) is 9.59 Å². The molecule has 1 aromatic carbocycles. The van der Waals surface area contributed by atoms with E-state index in [1.54, 1.807) is 17.7 Å². The van der Waals surface area contributed by atoms with Crippen molar-refractivity contribution < 1.29 is 9.53 Å². The van der Waals surface area contributed by atoms with E-state index in [1.807, 2.05) is 37.8 Å². The van der Waals surface area contributed by atoms with Gasteiger partial charge in [0, 0.05) is 24.6 Å². The van der Waals surface area contributed by atoms with E-state index < -0.39 is 5.41 Å². The number of rotatable bonds is 7. The van der Waals surface area contributed by atoms with Crippen LogP contribution in [0.3, 0.4) is 0 Å². The first kappa shape index (κ1) is 22.9. The molecule has 2 aromatic rings. The molecule has 6 nitrogen and oxygen atoms in total. The Kier molecular flexibility index (Phi) is 7.09. The molecule has 0 saturated carbocycles. The van der Waals surface area contributed by atoms with Gasteiger partial charge in [-0.05, 0) is 24.0 Å². The second-order valence-electron chi connectivity index (χ2n) is 9.54. The highest BCUT2D eigenvalue weighted by molar-refractivity contribution is 5.81. The fraction of sp³-hybridized carbons (Fsp3) is 0.609. The van der Waals surface area contributed by atoms with Gasteiger partial charge in [-0.3, -0.25) is 14.2 Å². The van der Waals surface area contributed by atoms with Crippen molar-refractivity contribution in [3.63, 3.8) is 0 Å². The third-order valence-electron chi connectivity index (χ3n) is 4.68. The Hall–Kier alpha value is -2.37. The van der Waals surface area contributed by atoms with Gasteiger partial charge in [0.2, 0.25) is 5.91 Å². The first-order valence-electron chi connectivity index (χ1n) is 10.3. The van der Waals surface area contributed by atoms with E-state index in [0.29, 0.717) is 47.4 Å². The zero-order chi connectivity index (χ0) is 21.9. The Bertz CT molecular complexity index is 913. The van der Waals surface area contributed by atoms with E-state index in [4.69, 9.17) is 4.74 Å². The maximum absolute atomic E-state index is 13.3. The van der Waals surface area contributed by atoms with Gasteiger partial charge in [0.25, 0.3) is 5.56 Å². The molecule has 0 saturated heterocycles. The van der Waals surface area contributed by atoms with E-state index in [0.717, 1.165) is 0 Å². The summed E-state index contributed by atoms with van der Waals surface area (Å²) in [7, 11) is 1.58. The molecule has 1 aromatic heterocycles. The van der Waals surface area contributed by atoms with Crippen molar-refractivity contribution in [1.82, 2.24) is 14.5 Å². The Morgan fingerprint density at radius 3 is 2.21 bits per heavy atom. The van der Waals surface area contributed by atoms with Crippen molar-refractivity contribution in [2.75, 3.05) is 20.2 Å². The van der Waals surface area contributed by atoms with Crippen LogP contribution in [0, 0.1) is 11.8 Å². The number of methoxy groups -OCH3 is 1. The molecule has 1 heterocycles. The van der Waals surface area contributed by atoms with Gasteiger partial charge in [0.05, 0.1) is 18.1 Å². The van der Waals surface area contributed by atoms with Crippen LogP contribution in [0.5, 0.6) is 5.75 Å². The quantitative estimate of drug-likeness (QED) is 0.707. The second-order valence-corrected chi connectivity index (χ2v) is 9.54. The molecule has 0 aliphatic rings. The molecule has 0 radical (unpaired) electrons. The number of carbonyl (C=O) groups excluding carboxylic acids is 1. The molecular formula is C23H35N3O3. The lowest BCUT2D eigenvalue weighted by molar-refractivity contribution is -0.132. The molecule has 0 spiro atoms. The number of hydrogen-bond acceptors (Lipinski definition) is 4. The van der Waals surface area contributed by atoms with Crippen LogP contribution in [0.15, 0.2) is 23.0 Å². The molecule has 0 aliphatic heterocycles. The molecule has 0 aliphatic carbocycles. The molecule has 0 N–H and O–H groups in total. The maximum Gasteiger partial charge on any atom is 0.273 e. The molecule has 6 heteroatoms. The molecule has 160 valence electrons. The molecule has 0 bridgehead atoms. The number of hydrogen-bond donors (Lipinski definition) is 0. The predicted octanol–water partition coefficient (Wildman–Crippen LogP) is 3.84. The molecule has 0 fully saturated rings. The zero-order valence-corrected chi connectivity index (χ0v) is 19.1. The lowest BCUT2D eigenvalue weighted by Gasteiger charge is -2.27. The average Bonchev–Trinajstić information content (AvgIpc) is 2.60. The third-order valence-corrected chi connectivity index (χ3v) is 4.68. The van der Waals surface area contributed by atoms with Gasteiger partial charge in [-0.15, -0.1) is 0 Å². The number of aromatic nitrogens is 2. The standard InChI is InChI=1S/C23H35N3O3/c1-15(2)12-25(13-16(3)4)20(27)14-26-19-11-17(29-8)9-10-18(19)24-21(22(26)28)23(5,6)7/h9-11,15-16H,12-14H2,1-8H3. The SMILES string of the molecule is COc1ccc2nc(C(C)(C)C)c(=O)n(CC(=O)N(CC(C)C)CC(C)C)c2c1. The zero-order valence-electron chi connectivity index (χ0n) is 19.1. The maximum atomic E-state index is 13.3. The Morgan fingerprint density at radius 1 is 1.14 bits per heavy atom. The van der Waals surface area contributed by atoms with Gasteiger partial charge in [-0.25, -0.2) is 4.98 Å². The van der Waals surface area contributed by atoms with Gasteiger partial charge in [-0.1, -0.05) is 48.5 Å². The van der Waals surface area contributed by atoms with Crippen LogP contribution in [0.2, 0.25) is 0 Å². The van der Waals surface area contributed by atoms with Gasteiger partial charge < -0.3 is 9.64 Å². The van der Waals surface area contributed by atoms with Crippen molar-refractivity contribution in [3.8, 4) is 5.75 Å². The number of benzene rings is 1. The third kappa shape index (κ3) is 5.58. The predicted molar refractivity (Wildman–Crippen MR) is 118 cm³/mol. The molecular weight excluding hydrogens is 366 g/mol. The Morgan fingerprint density at radius 2 is 1.72 bits per heavy atom. The summed E-state index contributed by atoms with van der Waals surface area (Å²) in [4.78, 5) is 33.0. The van der Waals surface area contributed by atoms with Crippen LogP contribution in [0.1, 0.15) is 54.2 Å². The van der Waals surface area contributed by atoms with Crippen molar-refractivity contribution in [2.24, 2.45) is 11.8 Å². The Balaban J connectivity index is 2.60. The highest BCUT2D eigenvalue weighted by Crippen LogP contribution is 2.23. The van der Waals surface area contributed by atoms with Gasteiger partial charge in [0.15, 0.2) is 0 Å². The first-order valence-corrected chi connectivity index (χ1v) is 10.3. The van der Waals surface area contributed by atoms with Crippen molar-refractivity contribution in [2.45, 2.75) is 60.4 Å². The van der Waals surface area contributed by atoms with E-state index in [2.05, 4.69) is 32.7 Å². The lowest BCUT2D eigenvalue weighted by atomic mass is 9.92. The molecule has 2 rings (SSSR count). The molecule has 0 atom stereocenters. The Labute approximate surface area is 173 Å². The smallest absolute Gasteiger partial charge is 0.273 e. The minimum absolute atomic E-state index is 0.00641. The summed E-state index contributed by atoms with van der Waals surface area (Å²) in [5, 5.41) is 0. The van der Waals surface area contributed by atoms with Crippen LogP contribution in [0.4, 0.5) is 0 Å². The number of amides is 1. The monoisotopic (exact) mass is 401 g/mol. The topological polar surface area (TPSA) is 64.4 Å². The second kappa shape index (κ2) is 8.97. The highest BCUT2D eigenvalue weighted by Gasteiger charge is 2.25. The fourth-order valence-corrected chi connectivity index (χ4v) is 3.39. The first-order chi connectivity index (χ1) is 13.4. The summed E-state index contributed by atoms with van der Waals surface area (Å²) in [5.74, 6) is 1.29. The van der Waals surface area contributed by atoms with Crippen molar-refractivity contribution in [1.29, 1.82) is 0 Å². The van der Waals surface area contributed by atoms with Crippen molar-refractivity contribution >= 4 is 16.9 Å². The van der Waals surface area contributed by atoms with E-state index in [-0.39, 0.29) is 18.0 Å². The highest BCUT2D eigenvalue weighted by atomic mass is 16.5. The summed E-state index contributed by atoms with van der Waals surface area (Å²) < 4.78 is 6.89. The lowest BCUT2D eigenvalue weighted by Crippen LogP contribution is -2.42. The number of nitrogens with zero attached hydrogens (tertiary/aromatic N) is 3. The van der Waals surface area contributed by atoms with Crippen LogP contribution in [0.25, 0.3) is 11.0 Å². The van der Waals surface area contributed by atoms with E-state index >= 15 is 0 Å². The number of ether oxygens (including phenoxy) is 1. The van der Waals surface area contributed by atoms with Crippen LogP contribution >= 0.6 is 0 Å². The van der Waals surface area contributed by atoms with Crippen LogP contribution < -0.4 is 10.3 Å². The summed E-state index contributed by atoms with van der Waals surface area (Å²) >= 11 is 0. The number of fused-ring (bicyclic) bond motifs is 1. The normalized spacial score (nSPS) is 12.1. The summed E-state index contributed by atoms with van der Waals surface area (Å²) in [5.41, 5.74) is 1.11. The fourth-order valence-electron chi connectivity index (χ4n) is 3.39. The summed E-state index contributed by atoms with van der Waals surface area (Å²) in [6.07, 6.45) is 0. The molecule has 0 unspecified atom stereocenters. The minimum Gasteiger partial charge on any atom is -0.497 e. The molecule has 1 amide bonds. The van der Waals surface area contributed by atoms with Gasteiger partial charge >= 0.3 is 0 Å². The number of carbonyl (C=O) groups is 1. The van der Waals surface area contributed by atoms with Crippen molar-refractivity contribution in [3.05, 3.63) is 34.2 Å².